The monoisotopic (exact) mass is 470 g/mol. The van der Waals surface area contributed by atoms with Crippen molar-refractivity contribution >= 4 is 33.2 Å². The van der Waals surface area contributed by atoms with E-state index in [0.29, 0.717) is 22.3 Å². The van der Waals surface area contributed by atoms with E-state index in [1.54, 1.807) is 24.3 Å². The molecule has 0 aliphatic carbocycles. The highest BCUT2D eigenvalue weighted by molar-refractivity contribution is 7.92. The van der Waals surface area contributed by atoms with Crippen LogP contribution in [0.15, 0.2) is 36.4 Å². The Balaban J connectivity index is 2.10. The topological polar surface area (TPSA) is 94.2 Å². The van der Waals surface area contributed by atoms with E-state index in [1.807, 2.05) is 13.0 Å². The summed E-state index contributed by atoms with van der Waals surface area (Å²) in [5, 5.41) is 3.28. The van der Waals surface area contributed by atoms with Crippen LogP contribution in [-0.2, 0) is 14.8 Å². The first-order chi connectivity index (χ1) is 14.6. The Bertz CT molecular complexity index is 1030. The zero-order chi connectivity index (χ0) is 23.2. The zero-order valence-corrected chi connectivity index (χ0v) is 19.7. The number of hydrogen-bond acceptors (Lipinski definition) is 6. The highest BCUT2D eigenvalue weighted by Crippen LogP contribution is 2.35. The molecule has 1 atom stereocenters. The summed E-state index contributed by atoms with van der Waals surface area (Å²) in [6, 6.07) is 9.01. The smallest absolute Gasteiger partial charge is 0.243 e. The van der Waals surface area contributed by atoms with Gasteiger partial charge in [0.15, 0.2) is 0 Å². The van der Waals surface area contributed by atoms with Gasteiger partial charge < -0.3 is 19.5 Å². The first-order valence-electron chi connectivity index (χ1n) is 9.46. The average Bonchev–Trinajstić information content (AvgIpc) is 2.72. The van der Waals surface area contributed by atoms with Gasteiger partial charge in [-0.2, -0.15) is 0 Å². The van der Waals surface area contributed by atoms with Gasteiger partial charge >= 0.3 is 0 Å². The molecule has 2 aromatic rings. The molecular formula is C21H27ClN2O6S. The average molecular weight is 471 g/mol. The molecule has 1 unspecified atom stereocenters. The van der Waals surface area contributed by atoms with Gasteiger partial charge in [0.1, 0.15) is 29.9 Å². The van der Waals surface area contributed by atoms with E-state index >= 15 is 0 Å². The lowest BCUT2D eigenvalue weighted by molar-refractivity contribution is -0.121. The van der Waals surface area contributed by atoms with Gasteiger partial charge in [0.2, 0.25) is 15.9 Å². The minimum Gasteiger partial charge on any atom is -0.497 e. The molecule has 2 aromatic carbocycles. The Morgan fingerprint density at radius 1 is 1.13 bits per heavy atom. The standard InChI is InChI=1S/C21H27ClN2O6S/c1-14-6-7-17(12-18(14)22)30-11-10-23-21(25)15(2)24(31(5,26)27)19-13-16(28-3)8-9-20(19)29-4/h6-9,12-13,15H,10-11H2,1-5H3,(H,23,25). The van der Waals surface area contributed by atoms with Gasteiger partial charge in [0, 0.05) is 11.1 Å². The number of aryl methyl sites for hydroxylation is 1. The highest BCUT2D eigenvalue weighted by atomic mass is 35.5. The van der Waals surface area contributed by atoms with Crippen LogP contribution >= 0.6 is 11.6 Å². The molecule has 2 rings (SSSR count). The van der Waals surface area contributed by atoms with Crippen LogP contribution in [0.1, 0.15) is 12.5 Å². The molecule has 0 spiro atoms. The van der Waals surface area contributed by atoms with Crippen LogP contribution < -0.4 is 23.8 Å². The van der Waals surface area contributed by atoms with Crippen molar-refractivity contribution in [1.29, 1.82) is 0 Å². The number of carbonyl (C=O) groups excluding carboxylic acids is 1. The quantitative estimate of drug-likeness (QED) is 0.536. The van der Waals surface area contributed by atoms with Gasteiger partial charge in [-0.3, -0.25) is 9.10 Å². The number of sulfonamides is 1. The summed E-state index contributed by atoms with van der Waals surface area (Å²) < 4.78 is 42.1. The maximum atomic E-state index is 12.7. The predicted molar refractivity (Wildman–Crippen MR) is 121 cm³/mol. The fourth-order valence-electron chi connectivity index (χ4n) is 2.90. The third-order valence-corrected chi connectivity index (χ3v) is 6.16. The van der Waals surface area contributed by atoms with Crippen LogP contribution in [0.2, 0.25) is 5.02 Å². The largest absolute Gasteiger partial charge is 0.497 e. The van der Waals surface area contributed by atoms with Crippen LogP contribution in [0.3, 0.4) is 0 Å². The predicted octanol–water partition coefficient (Wildman–Crippen LogP) is 3.02. The van der Waals surface area contributed by atoms with Crippen LogP contribution in [0.4, 0.5) is 5.69 Å². The molecule has 0 saturated heterocycles. The SMILES string of the molecule is COc1ccc(OC)c(N(C(C)C(=O)NCCOc2ccc(C)c(Cl)c2)S(C)(=O)=O)c1. The lowest BCUT2D eigenvalue weighted by Gasteiger charge is -2.29. The minimum absolute atomic E-state index is 0.182. The summed E-state index contributed by atoms with van der Waals surface area (Å²) in [5.74, 6) is 0.824. The highest BCUT2D eigenvalue weighted by Gasteiger charge is 2.31. The number of nitrogens with one attached hydrogen (secondary N) is 1. The molecule has 170 valence electrons. The number of ether oxygens (including phenoxy) is 3. The van der Waals surface area contributed by atoms with Gasteiger partial charge in [-0.15, -0.1) is 0 Å². The Morgan fingerprint density at radius 3 is 2.39 bits per heavy atom. The lowest BCUT2D eigenvalue weighted by atomic mass is 10.2. The summed E-state index contributed by atoms with van der Waals surface area (Å²) in [5.41, 5.74) is 1.14. The van der Waals surface area contributed by atoms with Gasteiger partial charge in [0.25, 0.3) is 0 Å². The Labute approximate surface area is 188 Å². The molecule has 1 N–H and O–H groups in total. The normalized spacial score (nSPS) is 12.1. The fraction of sp³-hybridized carbons (Fsp3) is 0.381. The number of halogens is 1. The number of amides is 1. The molecule has 0 aliphatic heterocycles. The van der Waals surface area contributed by atoms with Crippen molar-refractivity contribution in [2.45, 2.75) is 19.9 Å². The van der Waals surface area contributed by atoms with Crippen molar-refractivity contribution in [2.24, 2.45) is 0 Å². The lowest BCUT2D eigenvalue weighted by Crippen LogP contribution is -2.48. The second kappa shape index (κ2) is 10.6. The first-order valence-corrected chi connectivity index (χ1v) is 11.7. The number of carbonyl (C=O) groups is 1. The summed E-state index contributed by atoms with van der Waals surface area (Å²) >= 11 is 6.07. The van der Waals surface area contributed by atoms with Crippen molar-refractivity contribution in [3.8, 4) is 17.2 Å². The second-order valence-electron chi connectivity index (χ2n) is 6.82. The molecule has 0 fully saturated rings. The summed E-state index contributed by atoms with van der Waals surface area (Å²) in [7, 11) is -0.923. The second-order valence-corrected chi connectivity index (χ2v) is 9.09. The van der Waals surface area contributed by atoms with Gasteiger partial charge in [-0.25, -0.2) is 8.42 Å². The summed E-state index contributed by atoms with van der Waals surface area (Å²) in [4.78, 5) is 12.7. The summed E-state index contributed by atoms with van der Waals surface area (Å²) in [6.45, 7) is 3.76. The Kier molecular flexibility index (Phi) is 8.41. The third-order valence-electron chi connectivity index (χ3n) is 4.53. The van der Waals surface area contributed by atoms with E-state index in [-0.39, 0.29) is 18.8 Å². The minimum atomic E-state index is -3.81. The number of anilines is 1. The molecule has 0 aliphatic rings. The number of nitrogens with zero attached hydrogens (tertiary/aromatic N) is 1. The van der Waals surface area contributed by atoms with Crippen molar-refractivity contribution in [2.75, 3.05) is 37.9 Å². The van der Waals surface area contributed by atoms with Crippen LogP contribution in [0, 0.1) is 6.92 Å². The van der Waals surface area contributed by atoms with E-state index in [9.17, 15) is 13.2 Å². The van der Waals surface area contributed by atoms with Crippen molar-refractivity contribution in [1.82, 2.24) is 5.32 Å². The van der Waals surface area contributed by atoms with E-state index in [2.05, 4.69) is 5.32 Å². The van der Waals surface area contributed by atoms with Crippen LogP contribution in [-0.4, -0.2) is 54.0 Å². The molecule has 1 amide bonds. The van der Waals surface area contributed by atoms with Gasteiger partial charge in [-0.05, 0) is 43.7 Å². The van der Waals surface area contributed by atoms with E-state index in [4.69, 9.17) is 25.8 Å². The molecule has 0 bridgehead atoms. The van der Waals surface area contributed by atoms with E-state index < -0.39 is 22.0 Å². The molecule has 8 nitrogen and oxygen atoms in total. The fourth-order valence-corrected chi connectivity index (χ4v) is 4.24. The molecule has 0 heterocycles. The molecule has 31 heavy (non-hydrogen) atoms. The summed E-state index contributed by atoms with van der Waals surface area (Å²) in [6.07, 6.45) is 1.03. The van der Waals surface area contributed by atoms with Crippen LogP contribution in [0.5, 0.6) is 17.2 Å². The number of methoxy groups -OCH3 is 2. The number of hydrogen-bond donors (Lipinski definition) is 1. The maximum absolute atomic E-state index is 12.7. The number of benzene rings is 2. The van der Waals surface area contributed by atoms with Crippen molar-refractivity contribution in [3.63, 3.8) is 0 Å². The Morgan fingerprint density at radius 2 is 1.81 bits per heavy atom. The first kappa shape index (κ1) is 24.6. The Hall–Kier alpha value is -2.65. The molecule has 0 aromatic heterocycles. The van der Waals surface area contributed by atoms with Crippen LogP contribution in [0.25, 0.3) is 0 Å². The zero-order valence-electron chi connectivity index (χ0n) is 18.1. The van der Waals surface area contributed by atoms with E-state index in [0.717, 1.165) is 16.1 Å². The van der Waals surface area contributed by atoms with Crippen molar-refractivity contribution in [3.05, 3.63) is 47.0 Å². The molecular weight excluding hydrogens is 444 g/mol. The number of rotatable bonds is 10. The molecule has 0 saturated carbocycles. The van der Waals surface area contributed by atoms with Gasteiger partial charge in [0.05, 0.1) is 32.7 Å². The van der Waals surface area contributed by atoms with Crippen molar-refractivity contribution < 1.29 is 27.4 Å². The third kappa shape index (κ3) is 6.41. The van der Waals surface area contributed by atoms with E-state index in [1.165, 1.54) is 27.2 Å². The van der Waals surface area contributed by atoms with Gasteiger partial charge in [-0.1, -0.05) is 17.7 Å². The maximum Gasteiger partial charge on any atom is 0.243 e. The molecule has 10 heteroatoms. The molecule has 0 radical (unpaired) electrons.